The monoisotopic (exact) mass is 399 g/mol. The van der Waals surface area contributed by atoms with Crippen LogP contribution in [0.5, 0.6) is 0 Å². The molecule has 1 N–H and O–H groups in total. The lowest BCUT2D eigenvalue weighted by Gasteiger charge is -2.32. The summed E-state index contributed by atoms with van der Waals surface area (Å²) in [5, 5.41) is 3.08. The molecule has 1 aromatic rings. The van der Waals surface area contributed by atoms with Crippen molar-refractivity contribution in [2.24, 2.45) is 11.8 Å². The molecule has 3 atom stereocenters. The Bertz CT molecular complexity index is 808. The molecule has 1 amide bonds. The van der Waals surface area contributed by atoms with Crippen LogP contribution < -0.4 is 5.32 Å². The van der Waals surface area contributed by atoms with Gasteiger partial charge in [-0.25, -0.2) is 0 Å². The molecule has 1 heterocycles. The van der Waals surface area contributed by atoms with E-state index in [-0.39, 0.29) is 11.8 Å². The Kier molecular flexibility index (Phi) is 4.42. The van der Waals surface area contributed by atoms with Crippen LogP contribution >= 0.6 is 15.9 Å². The van der Waals surface area contributed by atoms with Crippen LogP contribution in [0.25, 0.3) is 11.1 Å². The van der Waals surface area contributed by atoms with Crippen LogP contribution in [-0.2, 0) is 9.53 Å². The average Bonchev–Trinajstić information content (AvgIpc) is 3.03. The Morgan fingerprint density at radius 2 is 2.08 bits per heavy atom. The number of fused-ring (bicyclic) bond motifs is 2. The molecule has 1 aromatic carbocycles. The molecule has 2 aliphatic carbocycles. The van der Waals surface area contributed by atoms with Crippen molar-refractivity contribution in [1.82, 2.24) is 5.32 Å². The second-order valence-corrected chi connectivity index (χ2v) is 8.08. The number of allylic oxidation sites excluding steroid dienone is 4. The lowest BCUT2D eigenvalue weighted by molar-refractivity contribution is -0.121. The van der Waals surface area contributed by atoms with Crippen LogP contribution in [0.15, 0.2) is 47.1 Å². The van der Waals surface area contributed by atoms with Gasteiger partial charge in [0.1, 0.15) is 0 Å². The zero-order valence-corrected chi connectivity index (χ0v) is 15.9. The fourth-order valence-corrected chi connectivity index (χ4v) is 4.86. The van der Waals surface area contributed by atoms with Crippen molar-refractivity contribution >= 4 is 33.0 Å². The molecule has 4 rings (SSSR count). The number of carbonyl (C=O) groups is 1. The first kappa shape index (κ1) is 16.8. The summed E-state index contributed by atoms with van der Waals surface area (Å²) in [6.07, 6.45) is 8.10. The Morgan fingerprint density at radius 3 is 2.84 bits per heavy atom. The minimum atomic E-state index is 0.110. The van der Waals surface area contributed by atoms with Crippen molar-refractivity contribution in [3.05, 3.63) is 58.2 Å². The standard InChI is InChI=1S/C21H22BrNO2/c1-12-3-8-19-21(18-10-14(22)5-7-16(12)18)17(11-20(24)23-19)13-4-6-15(9-13)25-2/h3,5,7-8,10,13,15,17H,1,4,6,9,11H2,2H3,(H,23,24)/t13-,15?,17?/m1/s1. The third-order valence-electron chi connectivity index (χ3n) is 5.74. The Labute approximate surface area is 157 Å². The van der Waals surface area contributed by atoms with Crippen LogP contribution in [0.3, 0.4) is 0 Å². The number of hydrogen-bond acceptors (Lipinski definition) is 2. The van der Waals surface area contributed by atoms with Crippen molar-refractivity contribution < 1.29 is 9.53 Å². The number of benzene rings is 1. The molecule has 2 unspecified atom stereocenters. The van der Waals surface area contributed by atoms with Crippen LogP contribution in [0.1, 0.15) is 36.8 Å². The molecule has 1 fully saturated rings. The summed E-state index contributed by atoms with van der Waals surface area (Å²) in [5.74, 6) is 0.818. The van der Waals surface area contributed by atoms with E-state index in [2.05, 4.69) is 46.0 Å². The van der Waals surface area contributed by atoms with Gasteiger partial charge in [-0.15, -0.1) is 0 Å². The molecule has 3 nitrogen and oxygen atoms in total. The SMILES string of the molecule is C=C1C=CC2=C(c3cc(Br)ccc31)C([C@@H]1CCC(OC)C1)CC(=O)N2. The maximum absolute atomic E-state index is 12.4. The molecule has 0 bridgehead atoms. The molecular formula is C21H22BrNO2. The number of rotatable bonds is 2. The molecule has 0 aromatic heterocycles. The Balaban J connectivity index is 1.84. The lowest BCUT2D eigenvalue weighted by Crippen LogP contribution is -2.34. The lowest BCUT2D eigenvalue weighted by atomic mass is 9.75. The third-order valence-corrected chi connectivity index (χ3v) is 6.23. The van der Waals surface area contributed by atoms with Crippen LogP contribution in [-0.4, -0.2) is 19.1 Å². The first-order chi connectivity index (χ1) is 12.1. The topological polar surface area (TPSA) is 38.3 Å². The smallest absolute Gasteiger partial charge is 0.225 e. The summed E-state index contributed by atoms with van der Waals surface area (Å²) in [6, 6.07) is 6.33. The van der Waals surface area contributed by atoms with E-state index in [0.29, 0.717) is 18.4 Å². The average molecular weight is 400 g/mol. The summed E-state index contributed by atoms with van der Waals surface area (Å²) < 4.78 is 6.62. The number of amides is 1. The molecule has 0 radical (unpaired) electrons. The zero-order valence-electron chi connectivity index (χ0n) is 14.3. The molecule has 0 saturated heterocycles. The minimum absolute atomic E-state index is 0.110. The predicted octanol–water partition coefficient (Wildman–Crippen LogP) is 4.69. The number of ether oxygens (including phenoxy) is 1. The van der Waals surface area contributed by atoms with E-state index in [1.165, 1.54) is 11.1 Å². The highest BCUT2D eigenvalue weighted by atomic mass is 79.9. The molecule has 1 aliphatic heterocycles. The Morgan fingerprint density at radius 1 is 1.24 bits per heavy atom. The molecular weight excluding hydrogens is 378 g/mol. The van der Waals surface area contributed by atoms with Crippen molar-refractivity contribution in [3.8, 4) is 0 Å². The molecule has 4 heteroatoms. The van der Waals surface area contributed by atoms with Gasteiger partial charge in [0, 0.05) is 23.7 Å². The van der Waals surface area contributed by atoms with Crippen LogP contribution in [0, 0.1) is 11.8 Å². The van der Waals surface area contributed by atoms with Crippen molar-refractivity contribution in [1.29, 1.82) is 0 Å². The normalized spacial score (nSPS) is 28.5. The number of halogens is 1. The fourth-order valence-electron chi connectivity index (χ4n) is 4.49. The van der Waals surface area contributed by atoms with Crippen LogP contribution in [0.4, 0.5) is 0 Å². The number of carbonyl (C=O) groups excluding carboxylic acids is 1. The highest BCUT2D eigenvalue weighted by molar-refractivity contribution is 9.10. The summed E-state index contributed by atoms with van der Waals surface area (Å²) >= 11 is 3.61. The summed E-state index contributed by atoms with van der Waals surface area (Å²) in [5.41, 5.74) is 5.50. The van der Waals surface area contributed by atoms with Gasteiger partial charge in [0.05, 0.1) is 6.10 Å². The Hall–Kier alpha value is -1.65. The van der Waals surface area contributed by atoms with Crippen molar-refractivity contribution in [3.63, 3.8) is 0 Å². The third kappa shape index (κ3) is 3.02. The quantitative estimate of drug-likeness (QED) is 0.782. The molecule has 1 saturated carbocycles. The predicted molar refractivity (Wildman–Crippen MR) is 104 cm³/mol. The zero-order chi connectivity index (χ0) is 17.6. The van der Waals surface area contributed by atoms with E-state index >= 15 is 0 Å². The van der Waals surface area contributed by atoms with Gasteiger partial charge in [0.2, 0.25) is 5.91 Å². The van der Waals surface area contributed by atoms with E-state index in [1.54, 1.807) is 7.11 Å². The van der Waals surface area contributed by atoms with Gasteiger partial charge in [0.25, 0.3) is 0 Å². The fraction of sp³-hybridized carbons (Fsp3) is 0.381. The molecule has 130 valence electrons. The highest BCUT2D eigenvalue weighted by Gasteiger charge is 2.39. The number of nitrogens with one attached hydrogen (secondary N) is 1. The number of methoxy groups -OCH3 is 1. The summed E-state index contributed by atoms with van der Waals surface area (Å²) in [7, 11) is 1.79. The number of hydrogen-bond donors (Lipinski definition) is 1. The minimum Gasteiger partial charge on any atom is -0.381 e. The van der Waals surface area contributed by atoms with E-state index in [9.17, 15) is 4.79 Å². The first-order valence-corrected chi connectivity index (χ1v) is 9.60. The van der Waals surface area contributed by atoms with Gasteiger partial charge in [0.15, 0.2) is 0 Å². The van der Waals surface area contributed by atoms with Crippen LogP contribution in [0.2, 0.25) is 0 Å². The van der Waals surface area contributed by atoms with Gasteiger partial charge >= 0.3 is 0 Å². The maximum Gasteiger partial charge on any atom is 0.225 e. The van der Waals surface area contributed by atoms with Crippen molar-refractivity contribution in [2.75, 3.05) is 7.11 Å². The first-order valence-electron chi connectivity index (χ1n) is 8.81. The summed E-state index contributed by atoms with van der Waals surface area (Å²) in [4.78, 5) is 12.4. The maximum atomic E-state index is 12.4. The van der Waals surface area contributed by atoms with E-state index in [1.807, 2.05) is 12.2 Å². The van der Waals surface area contributed by atoms with Gasteiger partial charge in [-0.2, -0.15) is 0 Å². The highest BCUT2D eigenvalue weighted by Crippen LogP contribution is 2.47. The van der Waals surface area contributed by atoms with Gasteiger partial charge in [-0.05, 0) is 71.6 Å². The molecule has 25 heavy (non-hydrogen) atoms. The summed E-state index contributed by atoms with van der Waals surface area (Å²) in [6.45, 7) is 4.21. The molecule has 3 aliphatic rings. The van der Waals surface area contributed by atoms with Gasteiger partial charge in [-0.1, -0.05) is 34.7 Å². The van der Waals surface area contributed by atoms with E-state index < -0.39 is 0 Å². The van der Waals surface area contributed by atoms with Crippen molar-refractivity contribution in [2.45, 2.75) is 31.8 Å². The van der Waals surface area contributed by atoms with E-state index in [0.717, 1.165) is 40.6 Å². The van der Waals surface area contributed by atoms with E-state index in [4.69, 9.17) is 4.74 Å². The largest absolute Gasteiger partial charge is 0.381 e. The van der Waals surface area contributed by atoms with Gasteiger partial charge < -0.3 is 10.1 Å². The second-order valence-electron chi connectivity index (χ2n) is 7.17. The van der Waals surface area contributed by atoms with Gasteiger partial charge in [-0.3, -0.25) is 4.79 Å². The second kappa shape index (κ2) is 6.58. The molecule has 0 spiro atoms.